The summed E-state index contributed by atoms with van der Waals surface area (Å²) in [5.74, 6) is 0.732. The first-order valence-electron chi connectivity index (χ1n) is 5.23. The van der Waals surface area contributed by atoms with Gasteiger partial charge in [0.05, 0.1) is 7.11 Å². The van der Waals surface area contributed by atoms with Crippen molar-refractivity contribution in [3.63, 3.8) is 0 Å². The maximum Gasteiger partial charge on any atom is 0.252 e. The number of hydrogen-bond acceptors (Lipinski definition) is 3. The molecular formula is C13H13NO2S. The van der Waals surface area contributed by atoms with E-state index in [0.717, 1.165) is 11.3 Å². The Labute approximate surface area is 104 Å². The molecule has 0 fully saturated rings. The molecule has 2 aromatic rings. The van der Waals surface area contributed by atoms with Gasteiger partial charge in [0.15, 0.2) is 0 Å². The fourth-order valence-corrected chi connectivity index (χ4v) is 2.16. The Kier molecular flexibility index (Phi) is 3.77. The number of para-hydroxylation sites is 1. The van der Waals surface area contributed by atoms with Gasteiger partial charge in [0.1, 0.15) is 5.75 Å². The highest BCUT2D eigenvalue weighted by Gasteiger charge is 2.07. The van der Waals surface area contributed by atoms with Crippen LogP contribution in [0.25, 0.3) is 0 Å². The van der Waals surface area contributed by atoms with Crippen LogP contribution in [0.1, 0.15) is 15.9 Å². The Morgan fingerprint density at radius 2 is 2.18 bits per heavy atom. The average molecular weight is 247 g/mol. The second-order valence-electron chi connectivity index (χ2n) is 3.51. The molecule has 4 heteroatoms. The second kappa shape index (κ2) is 5.50. The Bertz CT molecular complexity index is 494. The molecule has 0 saturated carbocycles. The molecule has 3 nitrogen and oxygen atoms in total. The number of hydrogen-bond donors (Lipinski definition) is 1. The summed E-state index contributed by atoms with van der Waals surface area (Å²) in [6, 6.07) is 9.46. The van der Waals surface area contributed by atoms with Gasteiger partial charge in [-0.05, 0) is 17.5 Å². The lowest BCUT2D eigenvalue weighted by Crippen LogP contribution is -2.22. The lowest BCUT2D eigenvalue weighted by atomic mass is 10.2. The van der Waals surface area contributed by atoms with E-state index in [1.807, 2.05) is 41.1 Å². The Hall–Kier alpha value is -1.81. The van der Waals surface area contributed by atoms with Gasteiger partial charge in [-0.3, -0.25) is 4.79 Å². The van der Waals surface area contributed by atoms with Crippen LogP contribution in [0.5, 0.6) is 5.75 Å². The molecule has 0 radical (unpaired) electrons. The van der Waals surface area contributed by atoms with Crippen molar-refractivity contribution in [1.29, 1.82) is 0 Å². The summed E-state index contributed by atoms with van der Waals surface area (Å²) in [4.78, 5) is 11.7. The minimum atomic E-state index is -0.0582. The van der Waals surface area contributed by atoms with Crippen LogP contribution in [0.4, 0.5) is 0 Å². The summed E-state index contributed by atoms with van der Waals surface area (Å²) < 4.78 is 5.22. The molecule has 0 bridgehead atoms. The van der Waals surface area contributed by atoms with Gasteiger partial charge in [0.2, 0.25) is 0 Å². The van der Waals surface area contributed by atoms with Crippen LogP contribution in [0.15, 0.2) is 41.1 Å². The zero-order valence-corrected chi connectivity index (χ0v) is 10.3. The zero-order valence-electron chi connectivity index (χ0n) is 9.47. The highest BCUT2D eigenvalue weighted by Crippen LogP contribution is 2.17. The summed E-state index contributed by atoms with van der Waals surface area (Å²) in [5, 5.41) is 6.58. The average Bonchev–Trinajstić information content (AvgIpc) is 2.90. The number of nitrogens with one attached hydrogen (secondary N) is 1. The van der Waals surface area contributed by atoms with Gasteiger partial charge in [-0.25, -0.2) is 0 Å². The molecule has 1 N–H and O–H groups in total. The number of rotatable bonds is 4. The Morgan fingerprint density at radius 3 is 2.88 bits per heavy atom. The van der Waals surface area contributed by atoms with Crippen LogP contribution in [0.3, 0.4) is 0 Å². The molecule has 0 aliphatic carbocycles. The van der Waals surface area contributed by atoms with E-state index in [1.54, 1.807) is 7.11 Å². The Balaban J connectivity index is 2.00. The van der Waals surface area contributed by atoms with Crippen LogP contribution in [-0.2, 0) is 6.54 Å². The van der Waals surface area contributed by atoms with Crippen LogP contribution >= 0.6 is 11.3 Å². The number of carbonyl (C=O) groups excluding carboxylic acids is 1. The first-order valence-corrected chi connectivity index (χ1v) is 6.18. The lowest BCUT2D eigenvalue weighted by Gasteiger charge is -2.08. The highest BCUT2D eigenvalue weighted by molar-refractivity contribution is 7.08. The van der Waals surface area contributed by atoms with Gasteiger partial charge < -0.3 is 10.1 Å². The van der Waals surface area contributed by atoms with E-state index in [9.17, 15) is 4.79 Å². The predicted molar refractivity (Wildman–Crippen MR) is 68.5 cm³/mol. The number of carbonyl (C=O) groups is 1. The molecule has 1 heterocycles. The van der Waals surface area contributed by atoms with Crippen molar-refractivity contribution in [3.8, 4) is 5.75 Å². The standard InChI is InChI=1S/C13H13NO2S/c1-16-12-5-3-2-4-10(12)8-14-13(15)11-6-7-17-9-11/h2-7,9H,8H2,1H3,(H,14,15). The van der Waals surface area contributed by atoms with E-state index in [2.05, 4.69) is 5.32 Å². The van der Waals surface area contributed by atoms with Crippen LogP contribution < -0.4 is 10.1 Å². The fourth-order valence-electron chi connectivity index (χ4n) is 1.52. The summed E-state index contributed by atoms with van der Waals surface area (Å²) in [7, 11) is 1.62. The quantitative estimate of drug-likeness (QED) is 0.902. The van der Waals surface area contributed by atoms with Crippen molar-refractivity contribution in [1.82, 2.24) is 5.32 Å². The van der Waals surface area contributed by atoms with E-state index in [0.29, 0.717) is 12.1 Å². The molecule has 1 aromatic carbocycles. The van der Waals surface area contributed by atoms with Gasteiger partial charge in [0.25, 0.3) is 5.91 Å². The molecule has 1 amide bonds. The van der Waals surface area contributed by atoms with Crippen LogP contribution in [-0.4, -0.2) is 13.0 Å². The smallest absolute Gasteiger partial charge is 0.252 e. The highest BCUT2D eigenvalue weighted by atomic mass is 32.1. The van der Waals surface area contributed by atoms with Gasteiger partial charge in [-0.1, -0.05) is 18.2 Å². The molecule has 0 aliphatic rings. The summed E-state index contributed by atoms with van der Waals surface area (Å²) in [6.45, 7) is 0.471. The minimum Gasteiger partial charge on any atom is -0.496 e. The zero-order chi connectivity index (χ0) is 12.1. The molecular weight excluding hydrogens is 234 g/mol. The van der Waals surface area contributed by atoms with E-state index < -0.39 is 0 Å². The minimum absolute atomic E-state index is 0.0582. The third-order valence-electron chi connectivity index (χ3n) is 2.42. The largest absolute Gasteiger partial charge is 0.496 e. The van der Waals surface area contributed by atoms with Crippen molar-refractivity contribution in [2.75, 3.05) is 7.11 Å². The molecule has 0 saturated heterocycles. The number of ether oxygens (including phenoxy) is 1. The van der Waals surface area contributed by atoms with E-state index in [4.69, 9.17) is 4.74 Å². The molecule has 0 aliphatic heterocycles. The number of methoxy groups -OCH3 is 1. The Morgan fingerprint density at radius 1 is 1.35 bits per heavy atom. The lowest BCUT2D eigenvalue weighted by molar-refractivity contribution is 0.0951. The third-order valence-corrected chi connectivity index (χ3v) is 3.10. The van der Waals surface area contributed by atoms with Crippen LogP contribution in [0, 0.1) is 0 Å². The number of amides is 1. The number of benzene rings is 1. The number of thiophene rings is 1. The fraction of sp³-hybridized carbons (Fsp3) is 0.154. The van der Waals surface area contributed by atoms with Crippen LogP contribution in [0.2, 0.25) is 0 Å². The van der Waals surface area contributed by atoms with Gasteiger partial charge in [0, 0.05) is 23.1 Å². The maximum absolute atomic E-state index is 11.7. The molecule has 2 rings (SSSR count). The first-order chi connectivity index (χ1) is 8.31. The van der Waals surface area contributed by atoms with Gasteiger partial charge in [-0.15, -0.1) is 0 Å². The second-order valence-corrected chi connectivity index (χ2v) is 4.29. The summed E-state index contributed by atoms with van der Waals surface area (Å²) in [6.07, 6.45) is 0. The molecule has 0 spiro atoms. The maximum atomic E-state index is 11.7. The molecule has 17 heavy (non-hydrogen) atoms. The van der Waals surface area contributed by atoms with Crippen molar-refractivity contribution in [3.05, 3.63) is 52.2 Å². The summed E-state index contributed by atoms with van der Waals surface area (Å²) >= 11 is 1.51. The SMILES string of the molecule is COc1ccccc1CNC(=O)c1ccsc1. The first kappa shape index (κ1) is 11.7. The summed E-state index contributed by atoms with van der Waals surface area (Å²) in [5.41, 5.74) is 1.67. The molecule has 0 atom stereocenters. The molecule has 88 valence electrons. The van der Waals surface area contributed by atoms with Gasteiger partial charge >= 0.3 is 0 Å². The normalized spacial score (nSPS) is 9.94. The topological polar surface area (TPSA) is 38.3 Å². The van der Waals surface area contributed by atoms with Crippen molar-refractivity contribution in [2.24, 2.45) is 0 Å². The predicted octanol–water partition coefficient (Wildman–Crippen LogP) is 2.69. The molecule has 1 aromatic heterocycles. The van der Waals surface area contributed by atoms with Gasteiger partial charge in [-0.2, -0.15) is 11.3 Å². The third kappa shape index (κ3) is 2.85. The van der Waals surface area contributed by atoms with Crippen molar-refractivity contribution < 1.29 is 9.53 Å². The van der Waals surface area contributed by atoms with Crippen molar-refractivity contribution in [2.45, 2.75) is 6.54 Å². The van der Waals surface area contributed by atoms with E-state index >= 15 is 0 Å². The molecule has 0 unspecified atom stereocenters. The van der Waals surface area contributed by atoms with E-state index in [-0.39, 0.29) is 5.91 Å². The van der Waals surface area contributed by atoms with Crippen molar-refractivity contribution >= 4 is 17.2 Å². The van der Waals surface area contributed by atoms with E-state index in [1.165, 1.54) is 11.3 Å². The monoisotopic (exact) mass is 247 g/mol.